The van der Waals surface area contributed by atoms with Crippen molar-refractivity contribution in [3.8, 4) is 0 Å². The number of rotatable bonds is 19. The molecule has 7 nitrogen and oxygen atoms in total. The van der Waals surface area contributed by atoms with Crippen molar-refractivity contribution in [3.63, 3.8) is 0 Å². The number of carbonyl (C=O) groups excluding carboxylic acids is 2. The zero-order valence-corrected chi connectivity index (χ0v) is 25.2. The predicted molar refractivity (Wildman–Crippen MR) is 161 cm³/mol. The lowest BCUT2D eigenvalue weighted by molar-refractivity contribution is -0.137. The number of nitrogens with one attached hydrogen (secondary N) is 1. The molecule has 0 spiro atoms. The van der Waals surface area contributed by atoms with Crippen molar-refractivity contribution in [2.75, 3.05) is 19.9 Å². The largest absolute Gasteiger partial charge is 0.481 e. The Balaban J connectivity index is 3.28. The number of alkyl halides is 2. The average molecular weight is 576 g/mol. The van der Waals surface area contributed by atoms with Gasteiger partial charge in [0.1, 0.15) is 24.7 Å². The van der Waals surface area contributed by atoms with E-state index >= 15 is 0 Å². The number of halogens is 2. The fraction of sp³-hybridized carbons (Fsp3) is 0.562. The number of hydrogen-bond donors (Lipinski definition) is 2. The maximum Gasteiger partial charge on any atom is 0.305 e. The van der Waals surface area contributed by atoms with Crippen LogP contribution in [0.2, 0.25) is 0 Å². The molecule has 0 aromatic heterocycles. The van der Waals surface area contributed by atoms with Gasteiger partial charge in [0.15, 0.2) is 0 Å². The van der Waals surface area contributed by atoms with Crippen LogP contribution in [0, 0.1) is 11.8 Å². The molecule has 0 aliphatic carbocycles. The van der Waals surface area contributed by atoms with E-state index in [4.69, 9.17) is 10.1 Å². The van der Waals surface area contributed by atoms with Gasteiger partial charge in [-0.05, 0) is 62.7 Å². The van der Waals surface area contributed by atoms with Gasteiger partial charge in [-0.15, -0.1) is 0 Å². The zero-order chi connectivity index (χ0) is 31.0. The van der Waals surface area contributed by atoms with Crippen molar-refractivity contribution >= 4 is 23.5 Å². The van der Waals surface area contributed by atoms with Crippen LogP contribution < -0.4 is 5.32 Å². The lowest BCUT2D eigenvalue weighted by Crippen LogP contribution is -2.49. The number of hydrogen-bond acceptors (Lipinski definition) is 4. The van der Waals surface area contributed by atoms with Gasteiger partial charge in [-0.2, -0.15) is 0 Å². The number of carboxylic acid groups (broad SMARTS) is 1. The van der Waals surface area contributed by atoms with E-state index < -0.39 is 36.9 Å². The van der Waals surface area contributed by atoms with E-state index in [0.717, 1.165) is 19.3 Å². The van der Waals surface area contributed by atoms with E-state index in [1.807, 2.05) is 13.8 Å². The van der Waals surface area contributed by atoms with Gasteiger partial charge in [-0.3, -0.25) is 19.4 Å². The Morgan fingerprint density at radius 2 is 1.90 bits per heavy atom. The number of carbonyl (C=O) groups is 3. The quantitative estimate of drug-likeness (QED) is 0.107. The Kier molecular flexibility index (Phi) is 15.8. The molecule has 0 saturated carbocycles. The van der Waals surface area contributed by atoms with Gasteiger partial charge >= 0.3 is 5.97 Å². The summed E-state index contributed by atoms with van der Waals surface area (Å²) in [7, 11) is 0. The fourth-order valence-electron chi connectivity index (χ4n) is 5.06. The highest BCUT2D eigenvalue weighted by Crippen LogP contribution is 2.35. The second-order valence-corrected chi connectivity index (χ2v) is 10.7. The molecule has 0 saturated heterocycles. The van der Waals surface area contributed by atoms with E-state index in [-0.39, 0.29) is 36.6 Å². The highest BCUT2D eigenvalue weighted by atomic mass is 19.1. The summed E-state index contributed by atoms with van der Waals surface area (Å²) in [6, 6.07) is -0.425. The molecule has 0 bridgehead atoms. The van der Waals surface area contributed by atoms with Gasteiger partial charge in [0.25, 0.3) is 11.8 Å². The zero-order valence-electron chi connectivity index (χ0n) is 25.2. The first-order chi connectivity index (χ1) is 19.4. The molecule has 41 heavy (non-hydrogen) atoms. The average Bonchev–Trinajstić information content (AvgIpc) is 3.18. The third kappa shape index (κ3) is 11.2. The third-order valence-electron chi connectivity index (χ3n) is 7.39. The van der Waals surface area contributed by atoms with Crippen molar-refractivity contribution < 1.29 is 28.3 Å². The van der Waals surface area contributed by atoms with E-state index in [9.17, 15) is 23.2 Å². The smallest absolute Gasteiger partial charge is 0.305 e. The van der Waals surface area contributed by atoms with Crippen molar-refractivity contribution in [1.82, 2.24) is 10.2 Å². The predicted octanol–water partition coefficient (Wildman–Crippen LogP) is 6.30. The van der Waals surface area contributed by atoms with Crippen LogP contribution >= 0.6 is 0 Å². The molecule has 2 amide bonds. The summed E-state index contributed by atoms with van der Waals surface area (Å²) in [6.07, 6.45) is 14.1. The highest BCUT2D eigenvalue weighted by molar-refractivity contribution is 6.46. The van der Waals surface area contributed by atoms with Crippen LogP contribution in [0.5, 0.6) is 0 Å². The molecule has 1 heterocycles. The van der Waals surface area contributed by atoms with Crippen LogP contribution in [0.3, 0.4) is 0 Å². The second-order valence-electron chi connectivity index (χ2n) is 10.7. The van der Waals surface area contributed by atoms with E-state index in [2.05, 4.69) is 32.7 Å². The molecular formula is C32H47F2N3O4. The Morgan fingerprint density at radius 3 is 2.46 bits per heavy atom. The Labute approximate surface area is 243 Å². The molecular weight excluding hydrogens is 528 g/mol. The molecule has 0 radical (unpaired) electrons. The fourth-order valence-corrected chi connectivity index (χ4v) is 5.06. The number of allylic oxidation sites excluding steroid dienone is 5. The second kappa shape index (κ2) is 18.1. The lowest BCUT2D eigenvalue weighted by Gasteiger charge is -2.37. The summed E-state index contributed by atoms with van der Waals surface area (Å²) in [5.41, 5.74) is -0.0139. The Hall–Kier alpha value is -3.36. The van der Waals surface area contributed by atoms with Crippen LogP contribution in [0.4, 0.5) is 8.78 Å². The minimum absolute atomic E-state index is 0.00877. The minimum atomic E-state index is -1.01. The number of carboxylic acids is 1. The SMILES string of the molecule is C=C/C(=C\C=C\C(C)N1C(=O)C(/C(=C/CF)C/C=C\CF)=NC1(C)CCCC(CC)C(C)C)C(=O)NCCC(=O)O. The summed E-state index contributed by atoms with van der Waals surface area (Å²) in [6.45, 7) is 12.6. The number of nitrogens with zero attached hydrogens (tertiary/aromatic N) is 2. The standard InChI is InChI=1S/C32H47F2N3O4/c1-7-25(23(3)4)16-12-19-32(6)36-29(27(17-21-34)14-9-10-20-33)31(41)37(32)24(5)13-11-15-26(8-2)30(40)35-22-18-28(38)39/h8-11,13,15,17,23-25H,2,7,12,14,16,18-22H2,1,3-6H3,(H,35,40)(H,38,39)/b10-9-,13-11+,26-15+,27-17+. The Morgan fingerprint density at radius 1 is 1.20 bits per heavy atom. The van der Waals surface area contributed by atoms with Gasteiger partial charge in [-0.25, -0.2) is 8.78 Å². The molecule has 3 atom stereocenters. The first-order valence-corrected chi connectivity index (χ1v) is 14.4. The van der Waals surface area contributed by atoms with E-state index in [1.165, 1.54) is 18.2 Å². The molecule has 1 rings (SSSR count). The molecule has 2 N–H and O–H groups in total. The van der Waals surface area contributed by atoms with Crippen molar-refractivity contribution in [2.24, 2.45) is 16.8 Å². The summed E-state index contributed by atoms with van der Waals surface area (Å²) in [4.78, 5) is 43.4. The number of aliphatic carboxylic acids is 1. The summed E-state index contributed by atoms with van der Waals surface area (Å²) in [5.74, 6) is -0.691. The van der Waals surface area contributed by atoms with Crippen molar-refractivity contribution in [2.45, 2.75) is 84.8 Å². The molecule has 0 aromatic carbocycles. The lowest BCUT2D eigenvalue weighted by atomic mass is 9.87. The first kappa shape index (κ1) is 35.7. The van der Waals surface area contributed by atoms with Crippen molar-refractivity contribution in [3.05, 3.63) is 60.3 Å². The van der Waals surface area contributed by atoms with Crippen LogP contribution in [-0.4, -0.2) is 65.1 Å². The summed E-state index contributed by atoms with van der Waals surface area (Å²) in [5, 5.41) is 11.3. The van der Waals surface area contributed by atoms with E-state index in [1.54, 1.807) is 29.2 Å². The highest BCUT2D eigenvalue weighted by Gasteiger charge is 2.45. The van der Waals surface area contributed by atoms with Gasteiger partial charge in [0.2, 0.25) is 0 Å². The number of aliphatic imine (C=N–C) groups is 1. The van der Waals surface area contributed by atoms with Crippen molar-refractivity contribution in [1.29, 1.82) is 0 Å². The molecule has 0 fully saturated rings. The molecule has 9 heteroatoms. The summed E-state index contributed by atoms with van der Waals surface area (Å²) < 4.78 is 26.1. The maximum absolute atomic E-state index is 13.8. The molecule has 1 aliphatic rings. The monoisotopic (exact) mass is 575 g/mol. The molecule has 228 valence electrons. The van der Waals surface area contributed by atoms with Crippen LogP contribution in [0.15, 0.2) is 65.2 Å². The van der Waals surface area contributed by atoms with Crippen LogP contribution in [0.25, 0.3) is 0 Å². The van der Waals surface area contributed by atoms with Crippen LogP contribution in [-0.2, 0) is 14.4 Å². The molecule has 1 aliphatic heterocycles. The summed E-state index contributed by atoms with van der Waals surface area (Å²) >= 11 is 0. The Bertz CT molecular complexity index is 1060. The maximum atomic E-state index is 13.8. The minimum Gasteiger partial charge on any atom is -0.481 e. The van der Waals surface area contributed by atoms with Gasteiger partial charge in [-0.1, -0.05) is 70.6 Å². The van der Waals surface area contributed by atoms with Gasteiger partial charge in [0.05, 0.1) is 12.5 Å². The van der Waals surface area contributed by atoms with E-state index in [0.29, 0.717) is 23.8 Å². The van der Waals surface area contributed by atoms with Gasteiger partial charge in [0, 0.05) is 12.1 Å². The topological polar surface area (TPSA) is 99.1 Å². The third-order valence-corrected chi connectivity index (χ3v) is 7.39. The van der Waals surface area contributed by atoms with Crippen LogP contribution in [0.1, 0.15) is 73.1 Å². The number of amides is 2. The first-order valence-electron chi connectivity index (χ1n) is 14.4. The van der Waals surface area contributed by atoms with Gasteiger partial charge < -0.3 is 15.3 Å². The molecule has 0 aromatic rings. The molecule has 3 unspecified atom stereocenters. The normalized spacial score (nSPS) is 19.8.